The SMILES string of the molecule is CC(=O)Nc1cccc(NC(=O)C2(C(N)=S)CC2)c1. The van der Waals surface area contributed by atoms with Crippen LogP contribution in [0.25, 0.3) is 0 Å². The molecule has 0 heterocycles. The summed E-state index contributed by atoms with van der Waals surface area (Å²) in [5, 5.41) is 5.44. The lowest BCUT2D eigenvalue weighted by molar-refractivity contribution is -0.119. The standard InChI is InChI=1S/C13H15N3O2S/c1-8(17)15-9-3-2-4-10(7-9)16-12(18)13(5-6-13)11(14)19/h2-4,7H,5-6H2,1H3,(H2,14,19)(H,15,17)(H,16,18). The van der Waals surface area contributed by atoms with E-state index in [2.05, 4.69) is 10.6 Å². The van der Waals surface area contributed by atoms with Gasteiger partial charge in [0.25, 0.3) is 0 Å². The minimum Gasteiger partial charge on any atom is -0.392 e. The highest BCUT2D eigenvalue weighted by Gasteiger charge is 2.52. The number of thiocarbonyl (C=S) groups is 1. The first kappa shape index (κ1) is 13.5. The van der Waals surface area contributed by atoms with Crippen molar-refractivity contribution < 1.29 is 9.59 Å². The topological polar surface area (TPSA) is 84.2 Å². The van der Waals surface area contributed by atoms with Crippen LogP contribution in [0, 0.1) is 5.41 Å². The Balaban J connectivity index is 2.09. The first-order chi connectivity index (χ1) is 8.94. The van der Waals surface area contributed by atoms with Crippen LogP contribution in [-0.4, -0.2) is 16.8 Å². The van der Waals surface area contributed by atoms with E-state index >= 15 is 0 Å². The lowest BCUT2D eigenvalue weighted by atomic mass is 10.1. The van der Waals surface area contributed by atoms with Crippen molar-refractivity contribution in [2.45, 2.75) is 19.8 Å². The molecule has 1 aliphatic carbocycles. The maximum atomic E-state index is 12.1. The number of anilines is 2. The van der Waals surface area contributed by atoms with Gasteiger partial charge in [0.15, 0.2) is 0 Å². The lowest BCUT2D eigenvalue weighted by Gasteiger charge is -2.14. The van der Waals surface area contributed by atoms with Gasteiger partial charge in [0.05, 0.1) is 10.4 Å². The van der Waals surface area contributed by atoms with Crippen molar-refractivity contribution in [3.05, 3.63) is 24.3 Å². The van der Waals surface area contributed by atoms with Gasteiger partial charge in [-0.3, -0.25) is 9.59 Å². The largest absolute Gasteiger partial charge is 0.392 e. The van der Waals surface area contributed by atoms with E-state index in [0.29, 0.717) is 24.2 Å². The average molecular weight is 277 g/mol. The normalized spacial score (nSPS) is 15.4. The Morgan fingerprint density at radius 1 is 1.26 bits per heavy atom. The highest BCUT2D eigenvalue weighted by Crippen LogP contribution is 2.46. The number of hydrogen-bond donors (Lipinski definition) is 3. The van der Waals surface area contributed by atoms with Gasteiger partial charge in [0.2, 0.25) is 11.8 Å². The van der Waals surface area contributed by atoms with Gasteiger partial charge in [0, 0.05) is 18.3 Å². The van der Waals surface area contributed by atoms with Crippen molar-refractivity contribution in [2.75, 3.05) is 10.6 Å². The van der Waals surface area contributed by atoms with Gasteiger partial charge in [-0.1, -0.05) is 18.3 Å². The molecule has 0 aromatic heterocycles. The van der Waals surface area contributed by atoms with Gasteiger partial charge >= 0.3 is 0 Å². The van der Waals surface area contributed by atoms with Crippen LogP contribution in [0.4, 0.5) is 11.4 Å². The zero-order chi connectivity index (χ0) is 14.0. The summed E-state index contributed by atoms with van der Waals surface area (Å²) in [6, 6.07) is 6.94. The van der Waals surface area contributed by atoms with E-state index in [1.165, 1.54) is 6.92 Å². The van der Waals surface area contributed by atoms with Gasteiger partial charge in [-0.15, -0.1) is 0 Å². The van der Waals surface area contributed by atoms with E-state index < -0.39 is 5.41 Å². The third-order valence-corrected chi connectivity index (χ3v) is 3.49. The predicted octanol–water partition coefficient (Wildman–Crippen LogP) is 1.65. The summed E-state index contributed by atoms with van der Waals surface area (Å²) < 4.78 is 0. The molecule has 1 saturated carbocycles. The van der Waals surface area contributed by atoms with Gasteiger partial charge in [-0.05, 0) is 31.0 Å². The van der Waals surface area contributed by atoms with Crippen molar-refractivity contribution in [3.63, 3.8) is 0 Å². The van der Waals surface area contributed by atoms with Crippen LogP contribution in [-0.2, 0) is 9.59 Å². The van der Waals surface area contributed by atoms with Gasteiger partial charge in [-0.2, -0.15) is 0 Å². The predicted molar refractivity (Wildman–Crippen MR) is 77.8 cm³/mol. The second kappa shape index (κ2) is 4.97. The van der Waals surface area contributed by atoms with E-state index in [0.717, 1.165) is 0 Å². The number of carbonyl (C=O) groups is 2. The van der Waals surface area contributed by atoms with Crippen LogP contribution < -0.4 is 16.4 Å². The fourth-order valence-corrected chi connectivity index (χ4v) is 2.14. The second-order valence-corrected chi connectivity index (χ2v) is 5.10. The molecule has 0 spiro atoms. The Hall–Kier alpha value is -1.95. The number of benzene rings is 1. The molecular weight excluding hydrogens is 262 g/mol. The summed E-state index contributed by atoms with van der Waals surface area (Å²) in [7, 11) is 0. The molecule has 1 aliphatic rings. The summed E-state index contributed by atoms with van der Waals surface area (Å²) in [4.78, 5) is 23.3. The maximum Gasteiger partial charge on any atom is 0.237 e. The van der Waals surface area contributed by atoms with Crippen molar-refractivity contribution in [3.8, 4) is 0 Å². The Morgan fingerprint density at radius 2 is 1.84 bits per heavy atom. The highest BCUT2D eigenvalue weighted by molar-refractivity contribution is 7.80. The maximum absolute atomic E-state index is 12.1. The third-order valence-electron chi connectivity index (χ3n) is 3.10. The van der Waals surface area contributed by atoms with E-state index in [-0.39, 0.29) is 16.8 Å². The number of rotatable bonds is 4. The Morgan fingerprint density at radius 3 is 2.32 bits per heavy atom. The fraction of sp³-hybridized carbons (Fsp3) is 0.308. The summed E-state index contributed by atoms with van der Waals surface area (Å²) in [6.07, 6.45) is 1.39. The number of hydrogen-bond acceptors (Lipinski definition) is 3. The zero-order valence-corrected chi connectivity index (χ0v) is 11.3. The van der Waals surface area contributed by atoms with Gasteiger partial charge in [-0.25, -0.2) is 0 Å². The summed E-state index contributed by atoms with van der Waals surface area (Å²) >= 11 is 4.93. The summed E-state index contributed by atoms with van der Waals surface area (Å²) in [5.74, 6) is -0.342. The van der Waals surface area contributed by atoms with Crippen LogP contribution in [0.3, 0.4) is 0 Å². The van der Waals surface area contributed by atoms with E-state index in [4.69, 9.17) is 18.0 Å². The summed E-state index contributed by atoms with van der Waals surface area (Å²) in [6.45, 7) is 1.43. The van der Waals surface area contributed by atoms with Gasteiger partial charge < -0.3 is 16.4 Å². The monoisotopic (exact) mass is 277 g/mol. The van der Waals surface area contributed by atoms with Crippen molar-refractivity contribution >= 4 is 40.4 Å². The first-order valence-corrected chi connectivity index (χ1v) is 6.34. The Labute approximate surface area is 116 Å². The van der Waals surface area contributed by atoms with Crippen LogP contribution in [0.1, 0.15) is 19.8 Å². The molecule has 0 radical (unpaired) electrons. The molecule has 1 fully saturated rings. The summed E-state index contributed by atoms with van der Waals surface area (Å²) in [5.41, 5.74) is 6.16. The number of carbonyl (C=O) groups excluding carboxylic acids is 2. The van der Waals surface area contributed by atoms with Crippen molar-refractivity contribution in [1.29, 1.82) is 0 Å². The molecule has 6 heteroatoms. The molecular formula is C13H15N3O2S. The van der Waals surface area contributed by atoms with Gasteiger partial charge in [0.1, 0.15) is 0 Å². The van der Waals surface area contributed by atoms with E-state index in [1.807, 2.05) is 0 Å². The third kappa shape index (κ3) is 2.90. The highest BCUT2D eigenvalue weighted by atomic mass is 32.1. The molecule has 0 aliphatic heterocycles. The van der Waals surface area contributed by atoms with E-state index in [1.54, 1.807) is 24.3 Å². The van der Waals surface area contributed by atoms with Crippen molar-refractivity contribution in [1.82, 2.24) is 0 Å². The molecule has 0 atom stereocenters. The molecule has 1 aromatic carbocycles. The zero-order valence-electron chi connectivity index (χ0n) is 10.5. The minimum absolute atomic E-state index is 0.162. The molecule has 0 bridgehead atoms. The molecule has 100 valence electrons. The average Bonchev–Trinajstić information content (AvgIpc) is 3.09. The van der Waals surface area contributed by atoms with Crippen LogP contribution in [0.15, 0.2) is 24.3 Å². The first-order valence-electron chi connectivity index (χ1n) is 5.93. The molecule has 1 aromatic rings. The Bertz CT molecular complexity index is 553. The number of nitrogens with two attached hydrogens (primary N) is 1. The second-order valence-electron chi connectivity index (χ2n) is 4.66. The molecule has 5 nitrogen and oxygen atoms in total. The number of nitrogens with one attached hydrogen (secondary N) is 2. The fourth-order valence-electron chi connectivity index (χ4n) is 1.84. The molecule has 0 saturated heterocycles. The van der Waals surface area contributed by atoms with Crippen molar-refractivity contribution in [2.24, 2.45) is 11.1 Å². The smallest absolute Gasteiger partial charge is 0.237 e. The molecule has 19 heavy (non-hydrogen) atoms. The minimum atomic E-state index is -0.681. The molecule has 0 unspecified atom stereocenters. The lowest BCUT2D eigenvalue weighted by Crippen LogP contribution is -2.35. The van der Waals surface area contributed by atoms with E-state index in [9.17, 15) is 9.59 Å². The molecule has 2 rings (SSSR count). The molecule has 2 amide bonds. The quantitative estimate of drug-likeness (QED) is 0.731. The van der Waals surface area contributed by atoms with Crippen LogP contribution in [0.5, 0.6) is 0 Å². The molecule has 4 N–H and O–H groups in total. The Kier molecular flexibility index (Phi) is 3.53. The van der Waals surface area contributed by atoms with Crippen LogP contribution >= 0.6 is 12.2 Å². The number of amides is 2. The van der Waals surface area contributed by atoms with Crippen LogP contribution in [0.2, 0.25) is 0 Å².